The van der Waals surface area contributed by atoms with Gasteiger partial charge in [0.05, 0.1) is 25.8 Å². The first-order valence-corrected chi connectivity index (χ1v) is 11.0. The maximum Gasteiger partial charge on any atom is 0.294 e. The summed E-state index contributed by atoms with van der Waals surface area (Å²) in [5, 5.41) is 15.1. The molecule has 0 fully saturated rings. The van der Waals surface area contributed by atoms with E-state index in [-0.39, 0.29) is 5.82 Å². The van der Waals surface area contributed by atoms with E-state index in [4.69, 9.17) is 4.74 Å². The summed E-state index contributed by atoms with van der Waals surface area (Å²) < 4.78 is 11.1. The summed E-state index contributed by atoms with van der Waals surface area (Å²) in [6, 6.07) is 5.43. The highest BCUT2D eigenvalue weighted by Gasteiger charge is 2.33. The topological polar surface area (TPSA) is 144 Å². The first-order chi connectivity index (χ1) is 16.4. The molecule has 3 aromatic heterocycles. The van der Waals surface area contributed by atoms with Crippen LogP contribution in [0.1, 0.15) is 20.3 Å². The van der Waals surface area contributed by atoms with E-state index in [9.17, 15) is 14.7 Å². The van der Waals surface area contributed by atoms with Crippen LogP contribution >= 0.6 is 0 Å². The number of aromatic nitrogens is 4. The lowest BCUT2D eigenvalue weighted by atomic mass is 10.0. The van der Waals surface area contributed by atoms with Gasteiger partial charge in [0.25, 0.3) is 5.56 Å². The fourth-order valence-electron chi connectivity index (χ4n) is 3.40. The maximum absolute atomic E-state index is 13.4. The summed E-state index contributed by atoms with van der Waals surface area (Å²) in [5.74, 6) is -0.0574. The lowest BCUT2D eigenvalue weighted by Gasteiger charge is -2.27. The first kappa shape index (κ1) is 25.1. The Labute approximate surface area is 197 Å². The Balaban J connectivity index is 2.10. The van der Waals surface area contributed by atoms with Crippen LogP contribution in [-0.4, -0.2) is 74.8 Å². The highest BCUT2D eigenvalue weighted by atomic mass is 16.5. The molecule has 0 spiro atoms. The zero-order valence-electron chi connectivity index (χ0n) is 19.8. The number of hydrogen-bond donors (Lipinski definition) is 3. The minimum absolute atomic E-state index is 0.0745. The second kappa shape index (κ2) is 11.0. The summed E-state index contributed by atoms with van der Waals surface area (Å²) in [6.45, 7) is 4.44. The van der Waals surface area contributed by atoms with Gasteiger partial charge < -0.3 is 25.2 Å². The van der Waals surface area contributed by atoms with Crippen molar-refractivity contribution in [2.24, 2.45) is 0 Å². The van der Waals surface area contributed by atoms with Crippen LogP contribution < -0.4 is 20.9 Å². The summed E-state index contributed by atoms with van der Waals surface area (Å²) in [6.07, 6.45) is 4.22. The van der Waals surface area contributed by atoms with Crippen LogP contribution in [0.25, 0.3) is 22.3 Å². The predicted molar refractivity (Wildman–Crippen MR) is 129 cm³/mol. The Morgan fingerprint density at radius 3 is 2.62 bits per heavy atom. The van der Waals surface area contributed by atoms with Gasteiger partial charge in [0.2, 0.25) is 11.8 Å². The van der Waals surface area contributed by atoms with E-state index in [1.807, 2.05) is 19.1 Å². The third-order valence-electron chi connectivity index (χ3n) is 5.38. The van der Waals surface area contributed by atoms with Crippen LogP contribution in [0.2, 0.25) is 0 Å². The van der Waals surface area contributed by atoms with Gasteiger partial charge in [-0.25, -0.2) is 15.0 Å². The van der Waals surface area contributed by atoms with Crippen molar-refractivity contribution < 1.29 is 19.4 Å². The van der Waals surface area contributed by atoms with Crippen LogP contribution in [0, 0.1) is 0 Å². The smallest absolute Gasteiger partial charge is 0.294 e. The molecule has 3 rings (SSSR count). The van der Waals surface area contributed by atoms with Gasteiger partial charge in [0.15, 0.2) is 18.1 Å². The van der Waals surface area contributed by atoms with Crippen molar-refractivity contribution in [2.45, 2.75) is 32.4 Å². The molecule has 11 nitrogen and oxygen atoms in total. The van der Waals surface area contributed by atoms with Crippen LogP contribution in [0.5, 0.6) is 5.88 Å². The van der Waals surface area contributed by atoms with Gasteiger partial charge in [-0.1, -0.05) is 6.92 Å². The van der Waals surface area contributed by atoms with E-state index in [1.54, 1.807) is 30.1 Å². The standard InChI is InChI=1S/C23H30N6O5/c1-5-9-34-10-8-29-17-11-16(15-6-7-18(33-4)25-12-15)13-26-19(17)27-20(21(29)31)28-23(2,14-30)22(32)24-3/h6-7,11-13,30H,5,8-10,14H2,1-4H3,(H,24,32)(H,26,27,28)/p+1/t23-/m1/s1. The highest BCUT2D eigenvalue weighted by molar-refractivity contribution is 5.89. The number of carbonyl (C=O) groups is 1. The van der Waals surface area contributed by atoms with Crippen LogP contribution in [0.3, 0.4) is 0 Å². The van der Waals surface area contributed by atoms with E-state index >= 15 is 0 Å². The molecule has 3 aromatic rings. The molecule has 1 atom stereocenters. The van der Waals surface area contributed by atoms with Gasteiger partial charge in [-0.2, -0.15) is 0 Å². The van der Waals surface area contributed by atoms with Gasteiger partial charge in [0.1, 0.15) is 12.1 Å². The molecule has 0 aliphatic rings. The average Bonchev–Trinajstić information content (AvgIpc) is 2.87. The van der Waals surface area contributed by atoms with E-state index < -0.39 is 23.6 Å². The van der Waals surface area contributed by atoms with Gasteiger partial charge in [-0.3, -0.25) is 14.2 Å². The number of amides is 1. The quantitative estimate of drug-likeness (QED) is 0.274. The van der Waals surface area contributed by atoms with E-state index in [0.717, 1.165) is 17.5 Å². The fraction of sp³-hybridized carbons (Fsp3) is 0.435. The minimum atomic E-state index is -1.44. The first-order valence-electron chi connectivity index (χ1n) is 11.0. The number of pyridine rings is 2. The number of carbonyl (C=O) groups excluding carboxylic acids is 1. The number of nitrogens with zero attached hydrogens (tertiary/aromatic N) is 4. The molecule has 34 heavy (non-hydrogen) atoms. The Morgan fingerprint density at radius 2 is 2.00 bits per heavy atom. The molecule has 0 radical (unpaired) electrons. The average molecular weight is 472 g/mol. The number of methoxy groups -OCH3 is 1. The number of rotatable bonds is 11. The molecular formula is C23H31N6O5+. The molecule has 0 aliphatic carbocycles. The molecule has 0 aliphatic heterocycles. The zero-order valence-corrected chi connectivity index (χ0v) is 19.8. The monoisotopic (exact) mass is 471 g/mol. The molecule has 0 aromatic carbocycles. The Morgan fingerprint density at radius 1 is 1.24 bits per heavy atom. The van der Waals surface area contributed by atoms with Crippen molar-refractivity contribution in [3.63, 3.8) is 0 Å². The van der Waals surface area contributed by atoms with Crippen molar-refractivity contribution in [2.75, 3.05) is 39.3 Å². The largest absolute Gasteiger partial charge is 0.481 e. The molecule has 0 saturated carbocycles. The van der Waals surface area contributed by atoms with E-state index in [1.165, 1.54) is 14.0 Å². The Kier molecular flexibility index (Phi) is 8.13. The van der Waals surface area contributed by atoms with Crippen LogP contribution in [-0.2, 0) is 11.3 Å². The number of nitrogens with one attached hydrogen (secondary N) is 2. The zero-order chi connectivity index (χ0) is 24.7. The van der Waals surface area contributed by atoms with E-state index in [2.05, 4.69) is 30.3 Å². The van der Waals surface area contributed by atoms with Crippen molar-refractivity contribution in [1.82, 2.24) is 24.8 Å². The summed E-state index contributed by atoms with van der Waals surface area (Å²) in [4.78, 5) is 38.8. The van der Waals surface area contributed by atoms with Crippen LogP contribution in [0.4, 0.5) is 5.82 Å². The molecule has 4 N–H and O–H groups in total. The fourth-order valence-corrected chi connectivity index (χ4v) is 3.40. The molecule has 3 heterocycles. The minimum Gasteiger partial charge on any atom is -0.481 e. The van der Waals surface area contributed by atoms with Crippen LogP contribution in [0.15, 0.2) is 35.4 Å². The number of fused-ring (bicyclic) bond motifs is 1. The number of likely N-dealkylation sites (N-methyl/N-ethyl adjacent to an activating group) is 1. The lowest BCUT2D eigenvalue weighted by molar-refractivity contribution is -0.125. The summed E-state index contributed by atoms with van der Waals surface area (Å²) in [7, 11) is 3.00. The van der Waals surface area contributed by atoms with Crippen molar-refractivity contribution >= 4 is 22.9 Å². The third-order valence-corrected chi connectivity index (χ3v) is 5.38. The lowest BCUT2D eigenvalue weighted by Crippen LogP contribution is -2.53. The van der Waals surface area contributed by atoms with Crippen molar-refractivity contribution in [1.29, 1.82) is 0 Å². The number of hydrogen-bond acceptors (Lipinski definition) is 8. The predicted octanol–water partition coefficient (Wildman–Crippen LogP) is 0.709. The van der Waals surface area contributed by atoms with Gasteiger partial charge >= 0.3 is 0 Å². The number of ether oxygens (including phenoxy) is 2. The molecule has 1 amide bonds. The van der Waals surface area contributed by atoms with Gasteiger partial charge in [-0.15, -0.1) is 0 Å². The molecule has 182 valence electrons. The van der Waals surface area contributed by atoms with Gasteiger partial charge in [-0.05, 0) is 19.1 Å². The van der Waals surface area contributed by atoms with Crippen molar-refractivity contribution in [3.05, 3.63) is 40.9 Å². The molecule has 0 bridgehead atoms. The molecule has 0 saturated heterocycles. The normalized spacial score (nSPS) is 12.9. The number of anilines is 1. The molecular weight excluding hydrogens is 440 g/mol. The molecule has 11 heteroatoms. The second-order valence-corrected chi connectivity index (χ2v) is 7.94. The number of aliphatic hydroxyl groups excluding tert-OH is 1. The maximum atomic E-state index is 13.4. The van der Waals surface area contributed by atoms with E-state index in [0.29, 0.717) is 36.8 Å². The highest BCUT2D eigenvalue weighted by Crippen LogP contribution is 2.23. The Bertz CT molecular complexity index is 1200. The second-order valence-electron chi connectivity index (χ2n) is 7.94. The SMILES string of the molecule is CCC[OH+]CCn1c(=O)c(N[C@](C)(CO)C(=O)NC)nc2ncc(-c3ccc(OC)nc3)cc21. The summed E-state index contributed by atoms with van der Waals surface area (Å²) in [5.41, 5.74) is 0.540. The molecule has 0 unspecified atom stereocenters. The summed E-state index contributed by atoms with van der Waals surface area (Å²) >= 11 is 0. The third kappa shape index (κ3) is 5.32. The van der Waals surface area contributed by atoms with Crippen molar-refractivity contribution in [3.8, 4) is 17.0 Å². The van der Waals surface area contributed by atoms with Gasteiger partial charge in [0, 0.05) is 43.1 Å². The number of aliphatic hydroxyl groups is 3. The Hall–Kier alpha value is -3.57.